The van der Waals surface area contributed by atoms with E-state index in [9.17, 15) is 5.11 Å². The van der Waals surface area contributed by atoms with Crippen LogP contribution in [0, 0.1) is 11.8 Å². The molecule has 2 unspecified atom stereocenters. The fourth-order valence-electron chi connectivity index (χ4n) is 1.91. The zero-order valence-corrected chi connectivity index (χ0v) is 8.66. The molecule has 1 aliphatic carbocycles. The first-order chi connectivity index (χ1) is 6.25. The van der Waals surface area contributed by atoms with E-state index in [2.05, 4.69) is 26.0 Å². The SMILES string of the molecule is CC/C=C(/O)C(C)C1CC=CCC1. The van der Waals surface area contributed by atoms with Gasteiger partial charge in [-0.05, 0) is 37.7 Å². The van der Waals surface area contributed by atoms with Crippen molar-refractivity contribution in [1.29, 1.82) is 0 Å². The van der Waals surface area contributed by atoms with Gasteiger partial charge in [0.1, 0.15) is 0 Å². The maximum Gasteiger partial charge on any atom is 0.0913 e. The van der Waals surface area contributed by atoms with Crippen LogP contribution < -0.4 is 0 Å². The summed E-state index contributed by atoms with van der Waals surface area (Å²) < 4.78 is 0. The van der Waals surface area contributed by atoms with Gasteiger partial charge in [0.25, 0.3) is 0 Å². The Kier molecular flexibility index (Phi) is 4.07. The predicted molar refractivity (Wildman–Crippen MR) is 56.6 cm³/mol. The lowest BCUT2D eigenvalue weighted by atomic mass is 9.83. The minimum atomic E-state index is 0.338. The van der Waals surface area contributed by atoms with E-state index in [-0.39, 0.29) is 0 Å². The van der Waals surface area contributed by atoms with Gasteiger partial charge in [0.05, 0.1) is 5.76 Å². The van der Waals surface area contributed by atoms with Crippen LogP contribution in [-0.4, -0.2) is 5.11 Å². The molecular formula is C12H20O. The van der Waals surface area contributed by atoms with Crippen LogP contribution in [0.4, 0.5) is 0 Å². The third-order valence-electron chi connectivity index (χ3n) is 2.90. The van der Waals surface area contributed by atoms with E-state index < -0.39 is 0 Å². The number of rotatable bonds is 3. The van der Waals surface area contributed by atoms with Crippen LogP contribution in [-0.2, 0) is 0 Å². The maximum absolute atomic E-state index is 9.71. The predicted octanol–water partition coefficient (Wildman–Crippen LogP) is 3.83. The molecule has 13 heavy (non-hydrogen) atoms. The van der Waals surface area contributed by atoms with Crippen molar-refractivity contribution in [3.63, 3.8) is 0 Å². The van der Waals surface area contributed by atoms with Gasteiger partial charge in [-0.25, -0.2) is 0 Å². The number of hydrogen-bond acceptors (Lipinski definition) is 1. The molecule has 74 valence electrons. The Morgan fingerprint density at radius 1 is 1.62 bits per heavy atom. The second-order valence-electron chi connectivity index (χ2n) is 3.87. The number of allylic oxidation sites excluding steroid dienone is 4. The average Bonchev–Trinajstić information content (AvgIpc) is 2.18. The summed E-state index contributed by atoms with van der Waals surface area (Å²) >= 11 is 0. The molecule has 0 radical (unpaired) electrons. The maximum atomic E-state index is 9.71. The summed E-state index contributed by atoms with van der Waals surface area (Å²) in [4.78, 5) is 0. The van der Waals surface area contributed by atoms with Crippen molar-refractivity contribution in [2.24, 2.45) is 11.8 Å². The van der Waals surface area contributed by atoms with E-state index in [1.54, 1.807) is 0 Å². The van der Waals surface area contributed by atoms with Crippen LogP contribution in [0.2, 0.25) is 0 Å². The first-order valence-electron chi connectivity index (χ1n) is 5.29. The Morgan fingerprint density at radius 3 is 2.92 bits per heavy atom. The minimum absolute atomic E-state index is 0.338. The summed E-state index contributed by atoms with van der Waals surface area (Å²) in [5.41, 5.74) is 0. The van der Waals surface area contributed by atoms with Crippen molar-refractivity contribution in [3.8, 4) is 0 Å². The molecule has 0 aliphatic heterocycles. The molecule has 0 saturated carbocycles. The molecule has 0 amide bonds. The highest BCUT2D eigenvalue weighted by Crippen LogP contribution is 2.29. The smallest absolute Gasteiger partial charge is 0.0913 e. The van der Waals surface area contributed by atoms with Gasteiger partial charge >= 0.3 is 0 Å². The van der Waals surface area contributed by atoms with Crippen molar-refractivity contribution in [2.75, 3.05) is 0 Å². The lowest BCUT2D eigenvalue weighted by Crippen LogP contribution is -2.15. The molecule has 2 atom stereocenters. The first-order valence-corrected chi connectivity index (χ1v) is 5.29. The number of aliphatic hydroxyl groups excluding tert-OH is 1. The Hall–Kier alpha value is -0.720. The van der Waals surface area contributed by atoms with Crippen molar-refractivity contribution in [3.05, 3.63) is 24.0 Å². The van der Waals surface area contributed by atoms with Crippen molar-refractivity contribution < 1.29 is 5.11 Å². The van der Waals surface area contributed by atoms with Crippen LogP contribution in [0.3, 0.4) is 0 Å². The molecule has 1 nitrogen and oxygen atoms in total. The Balaban J connectivity index is 2.50. The van der Waals surface area contributed by atoms with Crippen molar-refractivity contribution in [2.45, 2.75) is 39.5 Å². The molecule has 0 aromatic rings. The van der Waals surface area contributed by atoms with Crippen LogP contribution in [0.1, 0.15) is 39.5 Å². The molecule has 1 rings (SSSR count). The summed E-state index contributed by atoms with van der Waals surface area (Å²) in [7, 11) is 0. The highest BCUT2D eigenvalue weighted by atomic mass is 16.3. The highest BCUT2D eigenvalue weighted by Gasteiger charge is 2.20. The topological polar surface area (TPSA) is 20.2 Å². The lowest BCUT2D eigenvalue weighted by Gasteiger charge is -2.24. The zero-order chi connectivity index (χ0) is 9.68. The van der Waals surface area contributed by atoms with E-state index in [0.717, 1.165) is 12.8 Å². The molecule has 0 heterocycles. The number of aliphatic hydroxyl groups is 1. The second kappa shape index (κ2) is 5.11. The van der Waals surface area contributed by atoms with Crippen molar-refractivity contribution >= 4 is 0 Å². The average molecular weight is 180 g/mol. The molecule has 0 aromatic carbocycles. The molecule has 1 N–H and O–H groups in total. The molecule has 1 heteroatoms. The lowest BCUT2D eigenvalue weighted by molar-refractivity contribution is 0.261. The fraction of sp³-hybridized carbons (Fsp3) is 0.667. The Bertz CT molecular complexity index is 203. The second-order valence-corrected chi connectivity index (χ2v) is 3.87. The van der Waals surface area contributed by atoms with Gasteiger partial charge in [-0.3, -0.25) is 0 Å². The third kappa shape index (κ3) is 2.91. The zero-order valence-electron chi connectivity index (χ0n) is 8.66. The summed E-state index contributed by atoms with van der Waals surface area (Å²) in [5.74, 6) is 1.57. The van der Waals surface area contributed by atoms with E-state index >= 15 is 0 Å². The molecular weight excluding hydrogens is 160 g/mol. The molecule has 0 bridgehead atoms. The van der Waals surface area contributed by atoms with Gasteiger partial charge < -0.3 is 5.11 Å². The van der Waals surface area contributed by atoms with E-state index in [4.69, 9.17) is 0 Å². The summed E-state index contributed by atoms with van der Waals surface area (Å²) in [5, 5.41) is 9.71. The summed E-state index contributed by atoms with van der Waals surface area (Å²) in [6, 6.07) is 0. The van der Waals surface area contributed by atoms with Gasteiger partial charge in [0.2, 0.25) is 0 Å². The first kappa shape index (κ1) is 10.4. The molecule has 1 aliphatic rings. The van der Waals surface area contributed by atoms with Gasteiger partial charge in [-0.2, -0.15) is 0 Å². The Morgan fingerprint density at radius 2 is 2.38 bits per heavy atom. The van der Waals surface area contributed by atoms with E-state index in [1.165, 1.54) is 12.8 Å². The van der Waals surface area contributed by atoms with Crippen LogP contribution in [0.25, 0.3) is 0 Å². The fourth-order valence-corrected chi connectivity index (χ4v) is 1.91. The molecule has 0 aromatic heterocycles. The van der Waals surface area contributed by atoms with E-state index in [0.29, 0.717) is 17.6 Å². The van der Waals surface area contributed by atoms with Crippen LogP contribution in [0.15, 0.2) is 24.0 Å². The normalized spacial score (nSPS) is 26.0. The van der Waals surface area contributed by atoms with Crippen LogP contribution in [0.5, 0.6) is 0 Å². The van der Waals surface area contributed by atoms with Gasteiger partial charge in [0.15, 0.2) is 0 Å². The summed E-state index contributed by atoms with van der Waals surface area (Å²) in [6.07, 6.45) is 10.9. The standard InChI is InChI=1S/C12H20O/c1-3-7-12(13)10(2)11-8-5-4-6-9-11/h4-5,7,10-11,13H,3,6,8-9H2,1-2H3/b12-7+. The third-order valence-corrected chi connectivity index (χ3v) is 2.90. The van der Waals surface area contributed by atoms with Crippen molar-refractivity contribution in [1.82, 2.24) is 0 Å². The van der Waals surface area contributed by atoms with Crippen LogP contribution >= 0.6 is 0 Å². The molecule has 0 saturated heterocycles. The molecule has 0 fully saturated rings. The van der Waals surface area contributed by atoms with Gasteiger partial charge in [0, 0.05) is 5.92 Å². The summed E-state index contributed by atoms with van der Waals surface area (Å²) in [6.45, 7) is 4.19. The monoisotopic (exact) mass is 180 g/mol. The minimum Gasteiger partial charge on any atom is -0.512 e. The highest BCUT2D eigenvalue weighted by molar-refractivity contribution is 5.01. The van der Waals surface area contributed by atoms with Gasteiger partial charge in [-0.1, -0.05) is 26.0 Å². The van der Waals surface area contributed by atoms with E-state index in [1.807, 2.05) is 6.08 Å². The molecule has 0 spiro atoms. The quantitative estimate of drug-likeness (QED) is 0.517. The number of hydrogen-bond donors (Lipinski definition) is 1. The Labute approximate surface area is 81.2 Å². The van der Waals surface area contributed by atoms with Gasteiger partial charge in [-0.15, -0.1) is 0 Å². The largest absolute Gasteiger partial charge is 0.512 e.